The molecule has 4 aliphatic carbocycles. The molecule has 0 N–H and O–H groups in total. The Morgan fingerprint density at radius 1 is 1.03 bits per heavy atom. The van der Waals surface area contributed by atoms with Crippen LogP contribution in [0, 0.1) is 56.5 Å². The first-order valence-corrected chi connectivity index (χ1v) is 13.5. The highest BCUT2D eigenvalue weighted by atomic mass is 35.5. The lowest BCUT2D eigenvalue weighted by molar-refractivity contribution is -0.434. The second-order valence-electron chi connectivity index (χ2n) is 12.6. The van der Waals surface area contributed by atoms with Crippen molar-refractivity contribution in [3.05, 3.63) is 21.4 Å². The highest BCUT2D eigenvalue weighted by molar-refractivity contribution is 6.20. The van der Waals surface area contributed by atoms with E-state index in [1.807, 2.05) is 0 Å². The molecule has 31 heavy (non-hydrogen) atoms. The fourth-order valence-corrected chi connectivity index (χ4v) is 9.20. The van der Waals surface area contributed by atoms with Crippen LogP contribution in [0.1, 0.15) is 105 Å². The van der Waals surface area contributed by atoms with Gasteiger partial charge in [-0.15, -0.1) is 11.6 Å². The van der Waals surface area contributed by atoms with Crippen molar-refractivity contribution in [2.45, 2.75) is 111 Å². The second-order valence-corrected chi connectivity index (χ2v) is 13.2. The Labute approximate surface area is 194 Å². The number of allylic oxidation sites excluding steroid dienone is 2. The average Bonchev–Trinajstić information content (AvgIpc) is 3.05. The Balaban J connectivity index is 1.59. The van der Waals surface area contributed by atoms with E-state index in [-0.39, 0.29) is 15.7 Å². The van der Waals surface area contributed by atoms with Gasteiger partial charge in [0.1, 0.15) is 0 Å². The molecule has 4 rings (SSSR count). The molecule has 8 atom stereocenters. The van der Waals surface area contributed by atoms with Crippen LogP contribution in [0.5, 0.6) is 0 Å². The van der Waals surface area contributed by atoms with E-state index in [0.29, 0.717) is 35.3 Å². The summed E-state index contributed by atoms with van der Waals surface area (Å²) in [5.41, 5.74) is 2.04. The van der Waals surface area contributed by atoms with Gasteiger partial charge >= 0.3 is 0 Å². The molecule has 0 unspecified atom stereocenters. The number of nitrogens with zero attached hydrogens (tertiary/aromatic N) is 1. The molecule has 0 heterocycles. The zero-order chi connectivity index (χ0) is 22.6. The Kier molecular flexibility index (Phi) is 6.58. The van der Waals surface area contributed by atoms with E-state index in [4.69, 9.17) is 11.6 Å². The van der Waals surface area contributed by atoms with Gasteiger partial charge in [0.15, 0.2) is 0 Å². The molecule has 0 amide bonds. The minimum absolute atomic E-state index is 0.000985. The summed E-state index contributed by atoms with van der Waals surface area (Å²) >= 11 is 6.51. The van der Waals surface area contributed by atoms with Gasteiger partial charge in [-0.05, 0) is 91.3 Å². The lowest BCUT2D eigenvalue weighted by Gasteiger charge is -2.58. The van der Waals surface area contributed by atoms with Crippen LogP contribution in [-0.4, -0.2) is 10.3 Å². The smallest absolute Gasteiger partial charge is 0.246 e. The van der Waals surface area contributed by atoms with Gasteiger partial charge in [-0.25, -0.2) is 0 Å². The Morgan fingerprint density at radius 3 is 2.45 bits per heavy atom. The summed E-state index contributed by atoms with van der Waals surface area (Å²) in [4.78, 5) is 12.1. The summed E-state index contributed by atoms with van der Waals surface area (Å²) in [5, 5.41) is 12.2. The van der Waals surface area contributed by atoms with E-state index < -0.39 is 0 Å². The summed E-state index contributed by atoms with van der Waals surface area (Å²) in [7, 11) is 0. The van der Waals surface area contributed by atoms with Crippen molar-refractivity contribution in [2.24, 2.45) is 46.3 Å². The van der Waals surface area contributed by atoms with E-state index in [1.165, 1.54) is 44.9 Å². The number of halogens is 1. The molecule has 3 fully saturated rings. The normalized spacial score (nSPS) is 43.4. The Bertz CT molecular complexity index is 733. The van der Waals surface area contributed by atoms with Crippen molar-refractivity contribution >= 4 is 11.6 Å². The zero-order valence-corrected chi connectivity index (χ0v) is 21.2. The van der Waals surface area contributed by atoms with Crippen molar-refractivity contribution in [1.29, 1.82) is 0 Å². The number of hydrogen-bond donors (Lipinski definition) is 0. The Hall–Kier alpha value is -0.570. The molecule has 0 aliphatic heterocycles. The molecule has 176 valence electrons. The molecule has 3 saturated carbocycles. The van der Waals surface area contributed by atoms with Gasteiger partial charge in [-0.3, -0.25) is 10.1 Å². The first-order valence-electron chi connectivity index (χ1n) is 13.1. The average molecular weight is 450 g/mol. The van der Waals surface area contributed by atoms with Gasteiger partial charge < -0.3 is 0 Å². The minimum Gasteiger partial charge on any atom is -0.259 e. The summed E-state index contributed by atoms with van der Waals surface area (Å²) in [5.74, 6) is 4.13. The Morgan fingerprint density at radius 2 is 1.77 bits per heavy atom. The van der Waals surface area contributed by atoms with Gasteiger partial charge in [-0.1, -0.05) is 53.9 Å². The van der Waals surface area contributed by atoms with E-state index in [2.05, 4.69) is 34.6 Å². The van der Waals surface area contributed by atoms with Crippen molar-refractivity contribution in [1.82, 2.24) is 0 Å². The predicted octanol–water partition coefficient (Wildman–Crippen LogP) is 8.24. The lowest BCUT2D eigenvalue weighted by atomic mass is 9.46. The maximum Gasteiger partial charge on any atom is 0.246 e. The van der Waals surface area contributed by atoms with E-state index in [1.54, 1.807) is 0 Å². The van der Waals surface area contributed by atoms with Crippen LogP contribution in [-0.2, 0) is 0 Å². The second kappa shape index (κ2) is 8.65. The van der Waals surface area contributed by atoms with Crippen LogP contribution in [0.25, 0.3) is 0 Å². The molecule has 0 aromatic rings. The standard InChI is InChI=1S/C27H44ClNO2/c1-17(2)7-6-8-18(3)21-9-10-22-20-16-25(29(30)31)24-15-19(28)11-13-27(24,5)23(20)12-14-26(21,22)4/h17-23H,6-16H2,1-5H3/t18-,19+,20-,21+,22-,23-,26+,27-/m1/s1. The zero-order valence-electron chi connectivity index (χ0n) is 20.5. The van der Waals surface area contributed by atoms with Crippen LogP contribution >= 0.6 is 11.6 Å². The van der Waals surface area contributed by atoms with Crippen molar-refractivity contribution in [3.63, 3.8) is 0 Å². The van der Waals surface area contributed by atoms with Crippen LogP contribution in [0.2, 0.25) is 0 Å². The monoisotopic (exact) mass is 449 g/mol. The summed E-state index contributed by atoms with van der Waals surface area (Å²) in [6.07, 6.45) is 12.7. The minimum atomic E-state index is -0.0361. The van der Waals surface area contributed by atoms with Crippen LogP contribution in [0.4, 0.5) is 0 Å². The SMILES string of the molecule is CC(C)CCC[C@@H](C)[C@@H]1CC[C@@H]2[C@H]3CC([N+](=O)[O-])=C4C[C@@H](Cl)CC[C@]4(C)[C@@H]3CC[C@]21C. The van der Waals surface area contributed by atoms with Gasteiger partial charge in [0.2, 0.25) is 5.70 Å². The molecule has 0 saturated heterocycles. The van der Waals surface area contributed by atoms with E-state index >= 15 is 0 Å². The van der Waals surface area contributed by atoms with Crippen LogP contribution in [0.3, 0.4) is 0 Å². The molecule has 0 aromatic carbocycles. The topological polar surface area (TPSA) is 43.1 Å². The summed E-state index contributed by atoms with van der Waals surface area (Å²) in [6.45, 7) is 12.1. The third-order valence-electron chi connectivity index (χ3n) is 10.5. The molecule has 0 radical (unpaired) electrons. The quantitative estimate of drug-likeness (QED) is 0.232. The third kappa shape index (κ3) is 4.00. The van der Waals surface area contributed by atoms with Crippen molar-refractivity contribution in [3.8, 4) is 0 Å². The first kappa shape index (κ1) is 23.6. The molecular formula is C27H44ClNO2. The molecule has 4 aliphatic rings. The van der Waals surface area contributed by atoms with Crippen molar-refractivity contribution in [2.75, 3.05) is 0 Å². The van der Waals surface area contributed by atoms with Gasteiger partial charge in [0.05, 0.1) is 4.92 Å². The molecule has 0 spiro atoms. The van der Waals surface area contributed by atoms with E-state index in [0.717, 1.165) is 42.6 Å². The van der Waals surface area contributed by atoms with Crippen LogP contribution in [0.15, 0.2) is 11.3 Å². The maximum atomic E-state index is 12.2. The lowest BCUT2D eigenvalue weighted by Crippen LogP contribution is -2.52. The van der Waals surface area contributed by atoms with Gasteiger partial charge in [-0.2, -0.15) is 0 Å². The highest BCUT2D eigenvalue weighted by Gasteiger charge is 2.61. The summed E-state index contributed by atoms with van der Waals surface area (Å²) in [6, 6.07) is 0. The molecular weight excluding hydrogens is 406 g/mol. The molecule has 0 bridgehead atoms. The van der Waals surface area contributed by atoms with E-state index in [9.17, 15) is 10.1 Å². The largest absolute Gasteiger partial charge is 0.259 e. The predicted molar refractivity (Wildman–Crippen MR) is 129 cm³/mol. The van der Waals surface area contributed by atoms with Gasteiger partial charge in [0.25, 0.3) is 0 Å². The number of fused-ring (bicyclic) bond motifs is 5. The molecule has 3 nitrogen and oxygen atoms in total. The highest BCUT2D eigenvalue weighted by Crippen LogP contribution is 2.68. The molecule has 4 heteroatoms. The van der Waals surface area contributed by atoms with Crippen LogP contribution < -0.4 is 0 Å². The number of nitro groups is 1. The van der Waals surface area contributed by atoms with Gasteiger partial charge in [0, 0.05) is 17.4 Å². The summed E-state index contributed by atoms with van der Waals surface area (Å²) < 4.78 is 0. The number of hydrogen-bond acceptors (Lipinski definition) is 2. The third-order valence-corrected chi connectivity index (χ3v) is 10.9. The number of alkyl halides is 1. The molecule has 0 aromatic heterocycles. The maximum absolute atomic E-state index is 12.2. The fraction of sp³-hybridized carbons (Fsp3) is 0.926. The number of rotatable bonds is 6. The van der Waals surface area contributed by atoms with Crippen molar-refractivity contribution < 1.29 is 4.92 Å². The fourth-order valence-electron chi connectivity index (χ4n) is 8.94. The first-order chi connectivity index (χ1) is 14.6.